The van der Waals surface area contributed by atoms with Gasteiger partial charge in [-0.1, -0.05) is 47.5 Å². The Morgan fingerprint density at radius 1 is 1.50 bits per heavy atom. The highest BCUT2D eigenvalue weighted by Crippen LogP contribution is 2.62. The summed E-state index contributed by atoms with van der Waals surface area (Å²) < 4.78 is 21.5. The Bertz CT molecular complexity index is 511. The molecular weight excluding hydrogens is 381 g/mol. The van der Waals surface area contributed by atoms with Crippen molar-refractivity contribution in [2.24, 2.45) is 0 Å². The molecule has 0 fully saturated rings. The van der Waals surface area contributed by atoms with Crippen molar-refractivity contribution in [2.45, 2.75) is 13.8 Å². The Morgan fingerprint density at radius 2 is 2.15 bits per heavy atom. The minimum Gasteiger partial charge on any atom is -0.424 e. The highest BCUT2D eigenvalue weighted by Gasteiger charge is 2.32. The van der Waals surface area contributed by atoms with Gasteiger partial charge in [-0.15, -0.1) is 6.58 Å². The average molecular weight is 399 g/mol. The highest BCUT2D eigenvalue weighted by atomic mass is 79.9. The van der Waals surface area contributed by atoms with Crippen LogP contribution < -0.4 is 4.52 Å². The van der Waals surface area contributed by atoms with E-state index in [0.29, 0.717) is 29.6 Å². The molecule has 0 amide bonds. The van der Waals surface area contributed by atoms with Crippen LogP contribution in [0.25, 0.3) is 0 Å². The van der Waals surface area contributed by atoms with Crippen molar-refractivity contribution in [3.63, 3.8) is 0 Å². The lowest BCUT2D eigenvalue weighted by molar-refractivity contribution is 0.389. The van der Waals surface area contributed by atoms with Gasteiger partial charge in [-0.3, -0.25) is 0 Å². The van der Waals surface area contributed by atoms with Gasteiger partial charge in [-0.05, 0) is 29.6 Å². The van der Waals surface area contributed by atoms with Crippen LogP contribution in [0.4, 0.5) is 0 Å². The molecule has 20 heavy (non-hydrogen) atoms. The van der Waals surface area contributed by atoms with Crippen LogP contribution >= 0.6 is 45.6 Å². The molecule has 7 heteroatoms. The first-order chi connectivity index (χ1) is 9.46. The van der Waals surface area contributed by atoms with Crippen LogP contribution in [0.3, 0.4) is 0 Å². The summed E-state index contributed by atoms with van der Waals surface area (Å²) in [6.45, 7) is 5.83. The van der Waals surface area contributed by atoms with E-state index in [-0.39, 0.29) is 0 Å². The molecule has 0 spiro atoms. The van der Waals surface area contributed by atoms with Crippen LogP contribution in [0.2, 0.25) is 5.02 Å². The van der Waals surface area contributed by atoms with Crippen molar-refractivity contribution < 1.29 is 9.09 Å². The van der Waals surface area contributed by atoms with Crippen LogP contribution in [-0.4, -0.2) is 23.5 Å². The molecule has 0 aliphatic rings. The van der Waals surface area contributed by atoms with Crippen LogP contribution in [-0.2, 0) is 4.57 Å². The number of rotatable bonds is 8. The van der Waals surface area contributed by atoms with Crippen molar-refractivity contribution in [1.82, 2.24) is 4.67 Å². The first-order valence-electron chi connectivity index (χ1n) is 6.22. The van der Waals surface area contributed by atoms with Crippen LogP contribution in [0.1, 0.15) is 13.8 Å². The lowest BCUT2D eigenvalue weighted by atomic mass is 10.3. The quantitative estimate of drug-likeness (QED) is 0.406. The zero-order chi connectivity index (χ0) is 15.2. The largest absolute Gasteiger partial charge is 0.424 e. The smallest absolute Gasteiger partial charge is 0.377 e. The van der Waals surface area contributed by atoms with Gasteiger partial charge in [-0.2, -0.15) is 0 Å². The van der Waals surface area contributed by atoms with E-state index in [2.05, 4.69) is 22.5 Å². The fourth-order valence-electron chi connectivity index (χ4n) is 1.56. The maximum Gasteiger partial charge on any atom is 0.377 e. The summed E-state index contributed by atoms with van der Waals surface area (Å²) in [6, 6.07) is 5.25. The van der Waals surface area contributed by atoms with Gasteiger partial charge in [0.05, 0.1) is 5.02 Å². The molecule has 0 aliphatic heterocycles. The first-order valence-corrected chi connectivity index (χ1v) is 10.6. The van der Waals surface area contributed by atoms with Gasteiger partial charge < -0.3 is 4.52 Å². The highest BCUT2D eigenvalue weighted by molar-refractivity contribution is 9.10. The SMILES string of the molecule is C=CCSP(=O)(Oc1ccc(Br)cc1Cl)N(CC)CC. The third-order valence-electron chi connectivity index (χ3n) is 2.54. The van der Waals surface area contributed by atoms with Gasteiger partial charge >= 0.3 is 6.72 Å². The third-order valence-corrected chi connectivity index (χ3v) is 8.07. The van der Waals surface area contributed by atoms with E-state index in [0.717, 1.165) is 4.47 Å². The fraction of sp³-hybridized carbons (Fsp3) is 0.385. The maximum absolute atomic E-state index is 13.1. The molecule has 1 aromatic carbocycles. The second kappa shape index (κ2) is 8.50. The van der Waals surface area contributed by atoms with E-state index in [1.54, 1.807) is 18.2 Å². The summed E-state index contributed by atoms with van der Waals surface area (Å²) >= 11 is 10.7. The molecule has 0 N–H and O–H groups in total. The molecule has 1 atom stereocenters. The molecular formula is C13H18BrClNO2PS. The molecule has 0 saturated heterocycles. The molecule has 3 nitrogen and oxygen atoms in total. The number of benzene rings is 1. The lowest BCUT2D eigenvalue weighted by Crippen LogP contribution is -2.21. The molecule has 1 aromatic rings. The summed E-state index contributed by atoms with van der Waals surface area (Å²) in [6.07, 6.45) is 1.72. The molecule has 0 aromatic heterocycles. The zero-order valence-electron chi connectivity index (χ0n) is 11.5. The Hall–Kier alpha value is 0.0700. The molecule has 0 heterocycles. The van der Waals surface area contributed by atoms with Gasteiger partial charge in [-0.25, -0.2) is 9.24 Å². The normalized spacial score (nSPS) is 14.1. The van der Waals surface area contributed by atoms with Crippen LogP contribution in [0.15, 0.2) is 35.3 Å². The van der Waals surface area contributed by atoms with E-state index >= 15 is 0 Å². The molecule has 1 unspecified atom stereocenters. The summed E-state index contributed by atoms with van der Waals surface area (Å²) in [5.74, 6) is 0.990. The Morgan fingerprint density at radius 3 is 2.65 bits per heavy atom. The molecule has 0 aliphatic carbocycles. The van der Waals surface area contributed by atoms with Crippen molar-refractivity contribution in [1.29, 1.82) is 0 Å². The maximum atomic E-state index is 13.1. The molecule has 112 valence electrons. The monoisotopic (exact) mass is 397 g/mol. The third kappa shape index (κ3) is 4.81. The van der Waals surface area contributed by atoms with Crippen molar-refractivity contribution in [3.05, 3.63) is 40.3 Å². The van der Waals surface area contributed by atoms with Gasteiger partial charge in [0.25, 0.3) is 0 Å². The minimum atomic E-state index is -3.03. The number of nitrogens with zero attached hydrogens (tertiary/aromatic N) is 1. The van der Waals surface area contributed by atoms with Crippen molar-refractivity contribution in [3.8, 4) is 5.75 Å². The van der Waals surface area contributed by atoms with Crippen LogP contribution in [0, 0.1) is 0 Å². The van der Waals surface area contributed by atoms with Crippen molar-refractivity contribution >= 4 is 45.6 Å². The summed E-state index contributed by atoms with van der Waals surface area (Å²) in [7, 11) is 0. The number of hydrogen-bond acceptors (Lipinski definition) is 3. The Balaban J connectivity index is 3.05. The average Bonchev–Trinajstić information content (AvgIpc) is 2.41. The van der Waals surface area contributed by atoms with Gasteiger partial charge in [0.2, 0.25) is 0 Å². The van der Waals surface area contributed by atoms with E-state index in [1.165, 1.54) is 11.4 Å². The standard InChI is InChI=1S/C13H18BrClNO2PS/c1-4-9-20-19(17,16(5-2)6-3)18-13-8-7-11(14)10-12(13)15/h4,7-8,10H,1,5-6,9H2,2-3H3. The molecule has 1 rings (SSSR count). The summed E-state index contributed by atoms with van der Waals surface area (Å²) in [5.41, 5.74) is 0. The van der Waals surface area contributed by atoms with E-state index < -0.39 is 6.72 Å². The predicted molar refractivity (Wildman–Crippen MR) is 93.0 cm³/mol. The summed E-state index contributed by atoms with van der Waals surface area (Å²) in [4.78, 5) is 0. The minimum absolute atomic E-state index is 0.432. The first kappa shape index (κ1) is 18.1. The number of hydrogen-bond donors (Lipinski definition) is 0. The topological polar surface area (TPSA) is 29.5 Å². The second-order valence-electron chi connectivity index (χ2n) is 3.86. The van der Waals surface area contributed by atoms with E-state index in [1.807, 2.05) is 24.6 Å². The molecule has 0 radical (unpaired) electrons. The van der Waals surface area contributed by atoms with E-state index in [9.17, 15) is 4.57 Å². The zero-order valence-corrected chi connectivity index (χ0v) is 15.6. The van der Waals surface area contributed by atoms with E-state index in [4.69, 9.17) is 16.1 Å². The van der Waals surface area contributed by atoms with Gasteiger partial charge in [0.1, 0.15) is 5.75 Å². The second-order valence-corrected chi connectivity index (χ2v) is 9.62. The fourth-order valence-corrected chi connectivity index (χ4v) is 6.51. The number of halogens is 2. The van der Waals surface area contributed by atoms with Crippen LogP contribution in [0.5, 0.6) is 5.75 Å². The lowest BCUT2D eigenvalue weighted by Gasteiger charge is -2.28. The predicted octanol–water partition coefficient (Wildman–Crippen LogP) is 5.85. The van der Waals surface area contributed by atoms with Crippen molar-refractivity contribution in [2.75, 3.05) is 18.8 Å². The summed E-state index contributed by atoms with van der Waals surface area (Å²) in [5, 5.41) is 0.436. The molecule has 0 saturated carbocycles. The Labute approximate surface area is 138 Å². The molecule has 0 bridgehead atoms. The van der Waals surface area contributed by atoms with Gasteiger partial charge in [0, 0.05) is 23.3 Å². The Kier molecular flexibility index (Phi) is 7.70. The van der Waals surface area contributed by atoms with Gasteiger partial charge in [0.15, 0.2) is 0 Å².